The van der Waals surface area contributed by atoms with Crippen LogP contribution in [0.15, 0.2) is 0 Å². The van der Waals surface area contributed by atoms with Gasteiger partial charge in [0.1, 0.15) is 5.69 Å². The molecule has 2 saturated carbocycles. The zero-order valence-electron chi connectivity index (χ0n) is 8.12. The molecule has 4 heteroatoms. The lowest BCUT2D eigenvalue weighted by atomic mass is 10.2. The number of halogens is 1. The highest BCUT2D eigenvalue weighted by Crippen LogP contribution is 2.39. The molecule has 0 aliphatic heterocycles. The third kappa shape index (κ3) is 1.54. The van der Waals surface area contributed by atoms with Crippen molar-refractivity contribution in [3.05, 3.63) is 11.4 Å². The van der Waals surface area contributed by atoms with Crippen LogP contribution in [0.3, 0.4) is 0 Å². The first-order valence-corrected chi connectivity index (χ1v) is 5.91. The van der Waals surface area contributed by atoms with Gasteiger partial charge in [-0.1, -0.05) is 5.21 Å². The molecule has 0 atom stereocenters. The van der Waals surface area contributed by atoms with Crippen LogP contribution in [-0.2, 0) is 12.3 Å². The second-order valence-electron chi connectivity index (χ2n) is 4.44. The van der Waals surface area contributed by atoms with Gasteiger partial charge in [-0.15, -0.1) is 16.7 Å². The zero-order valence-corrected chi connectivity index (χ0v) is 8.87. The number of aromatic nitrogens is 3. The van der Waals surface area contributed by atoms with Gasteiger partial charge in [-0.25, -0.2) is 4.68 Å². The minimum atomic E-state index is 0.509. The van der Waals surface area contributed by atoms with Gasteiger partial charge in [0.05, 0.1) is 17.6 Å². The fourth-order valence-corrected chi connectivity index (χ4v) is 2.08. The number of hydrogen-bond acceptors (Lipinski definition) is 2. The molecule has 14 heavy (non-hydrogen) atoms. The molecule has 76 valence electrons. The van der Waals surface area contributed by atoms with Gasteiger partial charge in [-0.2, -0.15) is 0 Å². The van der Waals surface area contributed by atoms with Gasteiger partial charge in [0.2, 0.25) is 0 Å². The van der Waals surface area contributed by atoms with E-state index in [9.17, 15) is 0 Å². The Morgan fingerprint density at radius 1 is 1.29 bits per heavy atom. The summed E-state index contributed by atoms with van der Waals surface area (Å²) in [4.78, 5) is 0. The van der Waals surface area contributed by atoms with Crippen LogP contribution in [-0.4, -0.2) is 15.0 Å². The molecule has 0 aromatic carbocycles. The van der Waals surface area contributed by atoms with Crippen molar-refractivity contribution < 1.29 is 0 Å². The lowest BCUT2D eigenvalue weighted by molar-refractivity contribution is 0.571. The second kappa shape index (κ2) is 3.23. The topological polar surface area (TPSA) is 30.7 Å². The van der Waals surface area contributed by atoms with E-state index in [0.29, 0.717) is 11.9 Å². The summed E-state index contributed by atoms with van der Waals surface area (Å²) < 4.78 is 2.12. The summed E-state index contributed by atoms with van der Waals surface area (Å²) in [5.41, 5.74) is 2.32. The molecule has 1 aromatic heterocycles. The quantitative estimate of drug-likeness (QED) is 0.716. The van der Waals surface area contributed by atoms with E-state index < -0.39 is 0 Å². The van der Waals surface area contributed by atoms with Crippen LogP contribution in [0, 0.1) is 5.92 Å². The molecule has 0 amide bonds. The van der Waals surface area contributed by atoms with E-state index in [1.807, 2.05) is 0 Å². The third-order valence-corrected chi connectivity index (χ3v) is 3.32. The van der Waals surface area contributed by atoms with E-state index in [4.69, 9.17) is 11.6 Å². The maximum atomic E-state index is 5.86. The Labute approximate surface area is 88.4 Å². The van der Waals surface area contributed by atoms with Crippen molar-refractivity contribution in [3.8, 4) is 0 Å². The largest absolute Gasteiger partial charge is 0.246 e. The number of hydrogen-bond donors (Lipinski definition) is 0. The minimum absolute atomic E-state index is 0.509. The number of alkyl halides is 1. The molecular weight excluding hydrogens is 198 g/mol. The summed E-state index contributed by atoms with van der Waals surface area (Å²) in [6.07, 6.45) is 6.42. The molecule has 1 heterocycles. The number of rotatable bonds is 4. The molecule has 3 nitrogen and oxygen atoms in total. The molecule has 0 saturated heterocycles. The molecule has 0 unspecified atom stereocenters. The minimum Gasteiger partial charge on any atom is -0.246 e. The summed E-state index contributed by atoms with van der Waals surface area (Å²) in [7, 11) is 0. The summed E-state index contributed by atoms with van der Waals surface area (Å²) in [6, 6.07) is 0.633. The average Bonchev–Trinajstić information content (AvgIpc) is 3.06. The van der Waals surface area contributed by atoms with E-state index in [-0.39, 0.29) is 0 Å². The van der Waals surface area contributed by atoms with Crippen molar-refractivity contribution in [2.45, 2.75) is 44.0 Å². The van der Waals surface area contributed by atoms with Crippen molar-refractivity contribution in [1.29, 1.82) is 0 Å². The molecule has 2 aliphatic carbocycles. The maximum absolute atomic E-state index is 5.86. The highest BCUT2D eigenvalue weighted by Gasteiger charge is 2.31. The molecule has 0 spiro atoms. The van der Waals surface area contributed by atoms with E-state index in [1.165, 1.54) is 31.4 Å². The smallest absolute Gasteiger partial charge is 0.101 e. The van der Waals surface area contributed by atoms with Crippen LogP contribution in [0.1, 0.15) is 43.1 Å². The summed E-state index contributed by atoms with van der Waals surface area (Å²) in [5.74, 6) is 1.39. The summed E-state index contributed by atoms with van der Waals surface area (Å²) in [5, 5.41) is 8.37. The van der Waals surface area contributed by atoms with Crippen molar-refractivity contribution in [2.75, 3.05) is 0 Å². The van der Waals surface area contributed by atoms with Crippen molar-refractivity contribution in [1.82, 2.24) is 15.0 Å². The van der Waals surface area contributed by atoms with Crippen molar-refractivity contribution in [3.63, 3.8) is 0 Å². The predicted molar refractivity (Wildman–Crippen MR) is 54.3 cm³/mol. The molecule has 1 aromatic rings. The molecule has 0 N–H and O–H groups in total. The van der Waals surface area contributed by atoms with E-state index in [2.05, 4.69) is 15.0 Å². The molecule has 2 fully saturated rings. The van der Waals surface area contributed by atoms with Crippen LogP contribution in [0.2, 0.25) is 0 Å². The van der Waals surface area contributed by atoms with Crippen LogP contribution < -0.4 is 0 Å². The predicted octanol–water partition coefficient (Wildman–Crippen LogP) is 2.30. The molecular formula is C10H14ClN3. The molecule has 2 aliphatic rings. The Kier molecular flexibility index (Phi) is 2.01. The van der Waals surface area contributed by atoms with Gasteiger partial charge in [-0.3, -0.25) is 0 Å². The first kappa shape index (κ1) is 8.72. The van der Waals surface area contributed by atoms with Gasteiger partial charge >= 0.3 is 0 Å². The van der Waals surface area contributed by atoms with Gasteiger partial charge in [0.15, 0.2) is 0 Å². The first-order valence-electron chi connectivity index (χ1n) is 5.37. The van der Waals surface area contributed by atoms with Crippen LogP contribution in [0.4, 0.5) is 0 Å². The zero-order chi connectivity index (χ0) is 9.54. The second-order valence-corrected chi connectivity index (χ2v) is 4.71. The van der Waals surface area contributed by atoms with Crippen molar-refractivity contribution in [2.24, 2.45) is 5.92 Å². The van der Waals surface area contributed by atoms with E-state index in [0.717, 1.165) is 18.0 Å². The van der Waals surface area contributed by atoms with Crippen molar-refractivity contribution >= 4 is 11.6 Å². The summed E-state index contributed by atoms with van der Waals surface area (Å²) >= 11 is 5.86. The van der Waals surface area contributed by atoms with E-state index in [1.54, 1.807) is 0 Å². The van der Waals surface area contributed by atoms with Gasteiger partial charge in [-0.05, 0) is 38.0 Å². The fourth-order valence-electron chi connectivity index (χ4n) is 1.87. The summed E-state index contributed by atoms with van der Waals surface area (Å²) in [6.45, 7) is 0. The highest BCUT2D eigenvalue weighted by molar-refractivity contribution is 6.16. The van der Waals surface area contributed by atoms with E-state index >= 15 is 0 Å². The third-order valence-electron chi connectivity index (χ3n) is 3.07. The monoisotopic (exact) mass is 211 g/mol. The Morgan fingerprint density at radius 2 is 2.07 bits per heavy atom. The SMILES string of the molecule is ClCc1nnn(C2CC2)c1CC1CC1. The van der Waals surface area contributed by atoms with Gasteiger partial charge in [0.25, 0.3) is 0 Å². The van der Waals surface area contributed by atoms with Gasteiger partial charge < -0.3 is 0 Å². The normalized spacial score (nSPS) is 21.5. The maximum Gasteiger partial charge on any atom is 0.101 e. The van der Waals surface area contributed by atoms with Crippen LogP contribution in [0.25, 0.3) is 0 Å². The van der Waals surface area contributed by atoms with Crippen LogP contribution in [0.5, 0.6) is 0 Å². The lowest BCUT2D eigenvalue weighted by Gasteiger charge is -2.04. The molecule has 3 rings (SSSR count). The highest BCUT2D eigenvalue weighted by atomic mass is 35.5. The molecule has 0 radical (unpaired) electrons. The number of nitrogens with zero attached hydrogens (tertiary/aromatic N) is 3. The lowest BCUT2D eigenvalue weighted by Crippen LogP contribution is -2.04. The van der Waals surface area contributed by atoms with Crippen LogP contribution >= 0.6 is 11.6 Å². The van der Waals surface area contributed by atoms with Gasteiger partial charge in [0, 0.05) is 0 Å². The first-order chi connectivity index (χ1) is 6.88. The Hall–Kier alpha value is -0.570. The fraction of sp³-hybridized carbons (Fsp3) is 0.800. The Balaban J connectivity index is 1.88. The average molecular weight is 212 g/mol. The standard InChI is InChI=1S/C10H14ClN3/c11-6-9-10(5-7-1-2-7)14(13-12-9)8-3-4-8/h7-8H,1-6H2. The molecule has 0 bridgehead atoms. The Morgan fingerprint density at radius 3 is 2.64 bits per heavy atom. The Bertz CT molecular complexity index is 339.